The quantitative estimate of drug-likeness (QED) is 0.665. The lowest BCUT2D eigenvalue weighted by molar-refractivity contribution is -0.119. The van der Waals surface area contributed by atoms with Gasteiger partial charge in [0.05, 0.1) is 5.69 Å². The van der Waals surface area contributed by atoms with Crippen LogP contribution < -0.4 is 20.7 Å². The van der Waals surface area contributed by atoms with E-state index in [-0.39, 0.29) is 18.4 Å². The van der Waals surface area contributed by atoms with E-state index in [1.165, 1.54) is 6.92 Å². The van der Waals surface area contributed by atoms with Gasteiger partial charge in [-0.1, -0.05) is 6.07 Å². The van der Waals surface area contributed by atoms with Gasteiger partial charge in [-0.05, 0) is 17.7 Å². The van der Waals surface area contributed by atoms with E-state index >= 15 is 0 Å². The molecule has 0 aliphatic carbocycles. The molecule has 0 radical (unpaired) electrons. The van der Waals surface area contributed by atoms with Gasteiger partial charge in [-0.3, -0.25) is 9.59 Å². The normalized spacial score (nSPS) is 13.2. The Bertz CT molecular complexity index is 488. The number of hydrogen-bond donors (Lipinski definition) is 3. The second-order valence-corrected chi connectivity index (χ2v) is 4.33. The minimum absolute atomic E-state index is 0.0320. The fraction of sp³-hybridized carbons (Fsp3) is 0.385. The van der Waals surface area contributed by atoms with E-state index in [0.717, 1.165) is 5.56 Å². The molecular formula is C13H17N3O3. The molecule has 102 valence electrons. The summed E-state index contributed by atoms with van der Waals surface area (Å²) >= 11 is 0. The van der Waals surface area contributed by atoms with Gasteiger partial charge in [0, 0.05) is 26.6 Å². The number of anilines is 1. The van der Waals surface area contributed by atoms with E-state index in [2.05, 4.69) is 16.0 Å². The number of rotatable bonds is 5. The molecule has 1 aromatic rings. The van der Waals surface area contributed by atoms with Crippen molar-refractivity contribution in [1.82, 2.24) is 10.6 Å². The van der Waals surface area contributed by atoms with Crippen molar-refractivity contribution in [2.45, 2.75) is 13.5 Å². The molecular weight excluding hydrogens is 246 g/mol. The summed E-state index contributed by atoms with van der Waals surface area (Å²) in [5.74, 6) is 0.528. The Hall–Kier alpha value is -2.08. The molecule has 0 aromatic heterocycles. The minimum atomic E-state index is -0.136. The van der Waals surface area contributed by atoms with Crippen molar-refractivity contribution in [3.8, 4) is 5.75 Å². The van der Waals surface area contributed by atoms with Crippen LogP contribution in [0.25, 0.3) is 0 Å². The first kappa shape index (κ1) is 13.4. The highest BCUT2D eigenvalue weighted by molar-refractivity contribution is 5.95. The van der Waals surface area contributed by atoms with Gasteiger partial charge in [0.2, 0.25) is 5.91 Å². The lowest BCUT2D eigenvalue weighted by Crippen LogP contribution is -2.30. The molecule has 6 nitrogen and oxygen atoms in total. The van der Waals surface area contributed by atoms with Crippen LogP contribution in [0.2, 0.25) is 0 Å². The Morgan fingerprint density at radius 1 is 1.42 bits per heavy atom. The first-order chi connectivity index (χ1) is 9.15. The van der Waals surface area contributed by atoms with Crippen LogP contribution in [-0.2, 0) is 16.1 Å². The van der Waals surface area contributed by atoms with Gasteiger partial charge in [-0.15, -0.1) is 0 Å². The van der Waals surface area contributed by atoms with Gasteiger partial charge in [0.1, 0.15) is 5.75 Å². The first-order valence-electron chi connectivity index (χ1n) is 6.16. The van der Waals surface area contributed by atoms with Gasteiger partial charge >= 0.3 is 0 Å². The first-order valence-corrected chi connectivity index (χ1v) is 6.16. The summed E-state index contributed by atoms with van der Waals surface area (Å²) < 4.78 is 5.28. The van der Waals surface area contributed by atoms with E-state index < -0.39 is 0 Å². The van der Waals surface area contributed by atoms with Crippen molar-refractivity contribution in [1.29, 1.82) is 0 Å². The zero-order valence-electron chi connectivity index (χ0n) is 10.8. The van der Waals surface area contributed by atoms with Crippen LogP contribution in [-0.4, -0.2) is 31.5 Å². The largest absolute Gasteiger partial charge is 0.482 e. The van der Waals surface area contributed by atoms with Crippen LogP contribution >= 0.6 is 0 Å². The molecule has 1 heterocycles. The van der Waals surface area contributed by atoms with Gasteiger partial charge in [-0.25, -0.2) is 0 Å². The summed E-state index contributed by atoms with van der Waals surface area (Å²) in [4.78, 5) is 21.9. The zero-order chi connectivity index (χ0) is 13.7. The number of amides is 2. The van der Waals surface area contributed by atoms with Crippen molar-refractivity contribution < 1.29 is 14.3 Å². The summed E-state index contributed by atoms with van der Waals surface area (Å²) in [7, 11) is 0. The number of nitrogens with one attached hydrogen (secondary N) is 3. The SMILES string of the molecule is CC(=O)NCCNCc1ccc2c(c1)NC(=O)CO2. The van der Waals surface area contributed by atoms with E-state index in [1.54, 1.807) is 0 Å². The molecule has 1 aromatic carbocycles. The summed E-state index contributed by atoms with van der Waals surface area (Å²) in [6, 6.07) is 5.68. The molecule has 0 spiro atoms. The Morgan fingerprint density at radius 2 is 2.26 bits per heavy atom. The Balaban J connectivity index is 1.83. The van der Waals surface area contributed by atoms with Crippen molar-refractivity contribution >= 4 is 17.5 Å². The van der Waals surface area contributed by atoms with Crippen molar-refractivity contribution in [2.24, 2.45) is 0 Å². The molecule has 2 rings (SSSR count). The topological polar surface area (TPSA) is 79.5 Å². The Labute approximate surface area is 111 Å². The number of carbonyl (C=O) groups excluding carboxylic acids is 2. The number of ether oxygens (including phenoxy) is 1. The molecule has 19 heavy (non-hydrogen) atoms. The molecule has 0 bridgehead atoms. The molecule has 1 aliphatic heterocycles. The van der Waals surface area contributed by atoms with E-state index in [0.29, 0.717) is 31.1 Å². The maximum atomic E-state index is 11.2. The van der Waals surface area contributed by atoms with E-state index in [4.69, 9.17) is 4.74 Å². The monoisotopic (exact) mass is 263 g/mol. The minimum Gasteiger partial charge on any atom is -0.482 e. The summed E-state index contributed by atoms with van der Waals surface area (Å²) in [5.41, 5.74) is 1.75. The van der Waals surface area contributed by atoms with Crippen LogP contribution in [0.3, 0.4) is 0 Å². The van der Waals surface area contributed by atoms with Crippen molar-refractivity contribution in [3.63, 3.8) is 0 Å². The molecule has 1 aliphatic rings. The fourth-order valence-corrected chi connectivity index (χ4v) is 1.80. The molecule has 0 saturated carbocycles. The van der Waals surface area contributed by atoms with Gasteiger partial charge in [-0.2, -0.15) is 0 Å². The fourth-order valence-electron chi connectivity index (χ4n) is 1.80. The summed E-state index contributed by atoms with van der Waals surface area (Å²) in [6.07, 6.45) is 0. The third-order valence-corrected chi connectivity index (χ3v) is 2.68. The molecule has 0 unspecified atom stereocenters. The molecule has 0 saturated heterocycles. The van der Waals surface area contributed by atoms with Crippen molar-refractivity contribution in [3.05, 3.63) is 23.8 Å². The second-order valence-electron chi connectivity index (χ2n) is 4.33. The second kappa shape index (κ2) is 6.19. The lowest BCUT2D eigenvalue weighted by Gasteiger charge is -2.18. The van der Waals surface area contributed by atoms with E-state index in [1.807, 2.05) is 18.2 Å². The molecule has 0 atom stereocenters. The molecule has 3 N–H and O–H groups in total. The standard InChI is InChI=1S/C13H17N3O3/c1-9(17)15-5-4-14-7-10-2-3-12-11(6-10)16-13(18)8-19-12/h2-3,6,14H,4-5,7-8H2,1H3,(H,15,17)(H,16,18). The highest BCUT2D eigenvalue weighted by Crippen LogP contribution is 2.28. The number of carbonyl (C=O) groups is 2. The van der Waals surface area contributed by atoms with Gasteiger partial charge in [0.15, 0.2) is 6.61 Å². The molecule has 0 fully saturated rings. The third kappa shape index (κ3) is 3.96. The predicted octanol–water partition coefficient (Wildman–Crippen LogP) is 0.243. The average molecular weight is 263 g/mol. The van der Waals surface area contributed by atoms with Crippen LogP contribution in [0.4, 0.5) is 5.69 Å². The Kier molecular flexibility index (Phi) is 4.35. The number of benzene rings is 1. The van der Waals surface area contributed by atoms with Crippen LogP contribution in [0.15, 0.2) is 18.2 Å². The summed E-state index contributed by atoms with van der Waals surface area (Å²) in [5, 5.41) is 8.68. The van der Waals surface area contributed by atoms with Gasteiger partial charge in [0.25, 0.3) is 5.91 Å². The van der Waals surface area contributed by atoms with E-state index in [9.17, 15) is 9.59 Å². The molecule has 2 amide bonds. The lowest BCUT2D eigenvalue weighted by atomic mass is 10.1. The van der Waals surface area contributed by atoms with Crippen molar-refractivity contribution in [2.75, 3.05) is 25.0 Å². The molecule has 6 heteroatoms. The maximum absolute atomic E-state index is 11.2. The average Bonchev–Trinajstić information content (AvgIpc) is 2.37. The third-order valence-electron chi connectivity index (χ3n) is 2.68. The zero-order valence-corrected chi connectivity index (χ0v) is 10.8. The Morgan fingerprint density at radius 3 is 3.05 bits per heavy atom. The smallest absolute Gasteiger partial charge is 0.262 e. The van der Waals surface area contributed by atoms with Gasteiger partial charge < -0.3 is 20.7 Å². The predicted molar refractivity (Wildman–Crippen MR) is 71.0 cm³/mol. The highest BCUT2D eigenvalue weighted by Gasteiger charge is 2.15. The van der Waals surface area contributed by atoms with Crippen LogP contribution in [0.1, 0.15) is 12.5 Å². The van der Waals surface area contributed by atoms with Crippen LogP contribution in [0, 0.1) is 0 Å². The number of hydrogen-bond acceptors (Lipinski definition) is 4. The highest BCUT2D eigenvalue weighted by atomic mass is 16.5. The summed E-state index contributed by atoms with van der Waals surface area (Å²) in [6.45, 7) is 3.52. The maximum Gasteiger partial charge on any atom is 0.262 e. The van der Waals surface area contributed by atoms with Crippen LogP contribution in [0.5, 0.6) is 5.75 Å². The number of fused-ring (bicyclic) bond motifs is 1.